The fourth-order valence-electron chi connectivity index (χ4n) is 1.17. The quantitative estimate of drug-likeness (QED) is 0.571. The Morgan fingerprint density at radius 3 is 2.46 bits per heavy atom. The topological polar surface area (TPSA) is 0 Å². The maximum Gasteiger partial charge on any atom is 0.123 e. The third-order valence-electron chi connectivity index (χ3n) is 1.70. The minimum atomic E-state index is -0.201. The average molecular weight is 176 g/mol. The first kappa shape index (κ1) is 9.76. The summed E-state index contributed by atoms with van der Waals surface area (Å²) < 4.78 is 12.8. The van der Waals surface area contributed by atoms with Gasteiger partial charge in [-0.1, -0.05) is 12.1 Å². The fourth-order valence-corrected chi connectivity index (χ4v) is 1.17. The largest absolute Gasteiger partial charge is 0.207 e. The summed E-state index contributed by atoms with van der Waals surface area (Å²) in [5.41, 5.74) is 6.11. The normalized spacial score (nSPS) is 9.23. The van der Waals surface area contributed by atoms with Gasteiger partial charge >= 0.3 is 0 Å². The minimum absolute atomic E-state index is 0.201. The molecule has 0 radical (unpaired) electrons. The van der Waals surface area contributed by atoms with E-state index < -0.39 is 0 Å². The zero-order chi connectivity index (χ0) is 9.84. The molecular weight excluding hydrogens is 163 g/mol. The Kier molecular flexibility index (Phi) is 3.05. The first-order chi connectivity index (χ1) is 6.09. The molecule has 0 nitrogen and oxygen atoms in total. The van der Waals surface area contributed by atoms with Crippen molar-refractivity contribution in [1.82, 2.24) is 0 Å². The van der Waals surface area contributed by atoms with Crippen LogP contribution in [0.2, 0.25) is 0 Å². The molecule has 0 bridgehead atoms. The Morgan fingerprint density at radius 1 is 1.23 bits per heavy atom. The van der Waals surface area contributed by atoms with Crippen molar-refractivity contribution in [2.45, 2.75) is 20.8 Å². The third kappa shape index (κ3) is 2.89. The molecule has 68 valence electrons. The van der Waals surface area contributed by atoms with Crippen LogP contribution in [0.25, 0.3) is 5.57 Å². The van der Waals surface area contributed by atoms with Gasteiger partial charge in [-0.05, 0) is 49.6 Å². The van der Waals surface area contributed by atoms with Gasteiger partial charge in [0.05, 0.1) is 0 Å². The van der Waals surface area contributed by atoms with Gasteiger partial charge in [-0.15, -0.1) is 5.73 Å². The number of hydrogen-bond donors (Lipinski definition) is 0. The first-order valence-corrected chi connectivity index (χ1v) is 4.26. The molecule has 0 amide bonds. The number of allylic oxidation sites excluding steroid dienone is 1. The summed E-state index contributed by atoms with van der Waals surface area (Å²) in [5.74, 6) is -0.201. The van der Waals surface area contributed by atoms with Crippen LogP contribution in [0.4, 0.5) is 4.39 Å². The Hall–Kier alpha value is -1.33. The first-order valence-electron chi connectivity index (χ1n) is 4.26. The fraction of sp³-hybridized carbons (Fsp3) is 0.250. The molecule has 1 heteroatoms. The molecule has 0 spiro atoms. The highest BCUT2D eigenvalue weighted by atomic mass is 19.1. The van der Waals surface area contributed by atoms with Crippen LogP contribution in [0, 0.1) is 5.82 Å². The maximum absolute atomic E-state index is 12.8. The monoisotopic (exact) mass is 176 g/mol. The van der Waals surface area contributed by atoms with Crippen molar-refractivity contribution >= 4 is 5.57 Å². The molecule has 0 heterocycles. The highest BCUT2D eigenvalue weighted by Crippen LogP contribution is 2.13. The minimum Gasteiger partial charge on any atom is -0.207 e. The van der Waals surface area contributed by atoms with Crippen LogP contribution in [0.3, 0.4) is 0 Å². The lowest BCUT2D eigenvalue weighted by Crippen LogP contribution is -1.80. The summed E-state index contributed by atoms with van der Waals surface area (Å²) in [6.45, 7) is 5.88. The zero-order valence-electron chi connectivity index (χ0n) is 8.19. The number of benzene rings is 1. The van der Waals surface area contributed by atoms with Crippen molar-refractivity contribution in [3.8, 4) is 0 Å². The number of halogens is 1. The smallest absolute Gasteiger partial charge is 0.123 e. The van der Waals surface area contributed by atoms with E-state index in [-0.39, 0.29) is 5.82 Å². The highest BCUT2D eigenvalue weighted by molar-refractivity contribution is 5.63. The van der Waals surface area contributed by atoms with E-state index in [2.05, 4.69) is 5.73 Å². The van der Waals surface area contributed by atoms with E-state index in [1.54, 1.807) is 6.07 Å². The van der Waals surface area contributed by atoms with Crippen LogP contribution in [0.15, 0.2) is 35.6 Å². The lowest BCUT2D eigenvalue weighted by molar-refractivity contribution is 0.627. The van der Waals surface area contributed by atoms with Gasteiger partial charge in [-0.2, -0.15) is 0 Å². The van der Waals surface area contributed by atoms with Gasteiger partial charge in [0.15, 0.2) is 0 Å². The van der Waals surface area contributed by atoms with Crippen LogP contribution in [-0.4, -0.2) is 0 Å². The summed E-state index contributed by atoms with van der Waals surface area (Å²) in [6.07, 6.45) is 0. The summed E-state index contributed by atoms with van der Waals surface area (Å²) >= 11 is 0. The Labute approximate surface area is 78.4 Å². The maximum atomic E-state index is 12.8. The zero-order valence-corrected chi connectivity index (χ0v) is 8.19. The lowest BCUT2D eigenvalue weighted by Gasteiger charge is -1.98. The van der Waals surface area contributed by atoms with Crippen molar-refractivity contribution in [3.05, 3.63) is 47.0 Å². The molecule has 0 saturated heterocycles. The van der Waals surface area contributed by atoms with Crippen LogP contribution in [0.1, 0.15) is 26.3 Å². The van der Waals surface area contributed by atoms with Gasteiger partial charge in [0.25, 0.3) is 0 Å². The van der Waals surface area contributed by atoms with Crippen LogP contribution < -0.4 is 0 Å². The molecule has 0 aliphatic carbocycles. The molecule has 13 heavy (non-hydrogen) atoms. The Balaban J connectivity index is 3.17. The van der Waals surface area contributed by atoms with Crippen molar-refractivity contribution in [3.63, 3.8) is 0 Å². The Bertz CT molecular complexity index is 364. The summed E-state index contributed by atoms with van der Waals surface area (Å²) in [5, 5.41) is 0. The molecule has 0 N–H and O–H groups in total. The molecule has 0 unspecified atom stereocenters. The molecule has 0 atom stereocenters. The van der Waals surface area contributed by atoms with Gasteiger partial charge in [-0.25, -0.2) is 4.39 Å². The van der Waals surface area contributed by atoms with Crippen LogP contribution in [-0.2, 0) is 0 Å². The third-order valence-corrected chi connectivity index (χ3v) is 1.70. The SMILES string of the molecule is CC(C)=C=C(C)c1cccc(F)c1. The standard InChI is InChI=1S/C12H13F/c1-9(2)7-10(3)11-5-4-6-12(13)8-11/h4-6,8H,1-3H3. The Morgan fingerprint density at radius 2 is 1.92 bits per heavy atom. The second-order valence-corrected chi connectivity index (χ2v) is 3.26. The van der Waals surface area contributed by atoms with E-state index in [0.717, 1.165) is 16.7 Å². The molecule has 1 aromatic rings. The van der Waals surface area contributed by atoms with Gasteiger partial charge < -0.3 is 0 Å². The van der Waals surface area contributed by atoms with Crippen molar-refractivity contribution in [2.75, 3.05) is 0 Å². The lowest BCUT2D eigenvalue weighted by atomic mass is 10.1. The molecule has 0 aliphatic rings. The van der Waals surface area contributed by atoms with Gasteiger partial charge in [0.1, 0.15) is 5.82 Å². The van der Waals surface area contributed by atoms with Crippen molar-refractivity contribution in [2.24, 2.45) is 0 Å². The van der Waals surface area contributed by atoms with E-state index in [1.807, 2.05) is 26.8 Å². The summed E-state index contributed by atoms with van der Waals surface area (Å²) in [4.78, 5) is 0. The van der Waals surface area contributed by atoms with Gasteiger partial charge in [0, 0.05) is 0 Å². The summed E-state index contributed by atoms with van der Waals surface area (Å²) in [6, 6.07) is 6.56. The molecular formula is C12H13F. The predicted octanol–water partition coefficient (Wildman–Crippen LogP) is 3.79. The van der Waals surface area contributed by atoms with E-state index in [0.29, 0.717) is 0 Å². The highest BCUT2D eigenvalue weighted by Gasteiger charge is 1.95. The van der Waals surface area contributed by atoms with Crippen molar-refractivity contribution < 1.29 is 4.39 Å². The van der Waals surface area contributed by atoms with Crippen LogP contribution in [0.5, 0.6) is 0 Å². The van der Waals surface area contributed by atoms with Crippen molar-refractivity contribution in [1.29, 1.82) is 0 Å². The molecule has 0 saturated carbocycles. The average Bonchev–Trinajstić information content (AvgIpc) is 2.03. The van der Waals surface area contributed by atoms with E-state index in [4.69, 9.17) is 0 Å². The van der Waals surface area contributed by atoms with E-state index in [9.17, 15) is 4.39 Å². The van der Waals surface area contributed by atoms with E-state index >= 15 is 0 Å². The number of rotatable bonds is 1. The van der Waals surface area contributed by atoms with Gasteiger partial charge in [-0.3, -0.25) is 0 Å². The van der Waals surface area contributed by atoms with Gasteiger partial charge in [0.2, 0.25) is 0 Å². The number of hydrogen-bond acceptors (Lipinski definition) is 0. The molecule has 0 aromatic heterocycles. The summed E-state index contributed by atoms with van der Waals surface area (Å²) in [7, 11) is 0. The molecule has 0 fully saturated rings. The predicted molar refractivity (Wildman–Crippen MR) is 53.9 cm³/mol. The second-order valence-electron chi connectivity index (χ2n) is 3.26. The molecule has 1 aromatic carbocycles. The molecule has 0 aliphatic heterocycles. The van der Waals surface area contributed by atoms with Crippen LogP contribution >= 0.6 is 0 Å². The molecule has 1 rings (SSSR count). The van der Waals surface area contributed by atoms with E-state index in [1.165, 1.54) is 12.1 Å². The second kappa shape index (κ2) is 4.06.